The van der Waals surface area contributed by atoms with Gasteiger partial charge in [-0.3, -0.25) is 0 Å². The van der Waals surface area contributed by atoms with Crippen LogP contribution in [0.1, 0.15) is 6.42 Å². The summed E-state index contributed by atoms with van der Waals surface area (Å²) in [6.45, 7) is 2.63. The number of nitrogens with zero attached hydrogens (tertiary/aromatic N) is 1. The van der Waals surface area contributed by atoms with Crippen LogP contribution in [0.2, 0.25) is 0 Å². The fourth-order valence-corrected chi connectivity index (χ4v) is 1.67. The van der Waals surface area contributed by atoms with Crippen molar-refractivity contribution < 1.29 is 4.74 Å². The molecule has 0 spiro atoms. The van der Waals surface area contributed by atoms with E-state index in [0.717, 1.165) is 12.3 Å². The molecule has 0 bridgehead atoms. The van der Waals surface area contributed by atoms with Gasteiger partial charge in [-0.15, -0.1) is 0 Å². The molecule has 1 N–H and O–H groups in total. The van der Waals surface area contributed by atoms with Crippen molar-refractivity contribution in [2.45, 2.75) is 12.5 Å². The van der Waals surface area contributed by atoms with Gasteiger partial charge in [0.2, 0.25) is 0 Å². The van der Waals surface area contributed by atoms with Crippen LogP contribution in [0.25, 0.3) is 0 Å². The zero-order valence-electron chi connectivity index (χ0n) is 9.15. The van der Waals surface area contributed by atoms with Gasteiger partial charge in [0, 0.05) is 11.7 Å². The summed E-state index contributed by atoms with van der Waals surface area (Å²) in [6.07, 6.45) is 1.27. The van der Waals surface area contributed by atoms with Crippen LogP contribution in [-0.4, -0.2) is 37.9 Å². The summed E-state index contributed by atoms with van der Waals surface area (Å²) in [5.41, 5.74) is 1.11. The Labute approximate surface area is 91.0 Å². The van der Waals surface area contributed by atoms with E-state index < -0.39 is 0 Å². The van der Waals surface area contributed by atoms with E-state index in [9.17, 15) is 0 Å². The van der Waals surface area contributed by atoms with Crippen molar-refractivity contribution >= 4 is 5.69 Å². The lowest BCUT2D eigenvalue weighted by molar-refractivity contribution is 0.0280. The zero-order chi connectivity index (χ0) is 10.5. The number of nitrogens with one attached hydrogen (secondary N) is 1. The molecule has 1 aliphatic heterocycles. The van der Waals surface area contributed by atoms with E-state index in [1.165, 1.54) is 13.0 Å². The average Bonchev–Trinajstić information content (AvgIpc) is 2.28. The lowest BCUT2D eigenvalue weighted by Gasteiger charge is -2.37. The minimum absolute atomic E-state index is 0.592. The van der Waals surface area contributed by atoms with E-state index in [1.54, 1.807) is 0 Å². The molecule has 1 atom stereocenters. The average molecular weight is 206 g/mol. The third-order valence-corrected chi connectivity index (χ3v) is 2.90. The summed E-state index contributed by atoms with van der Waals surface area (Å²) in [6, 6.07) is 10.7. The minimum atomic E-state index is 0.592. The third-order valence-electron chi connectivity index (χ3n) is 2.90. The van der Waals surface area contributed by atoms with Crippen LogP contribution in [0.15, 0.2) is 30.3 Å². The standard InChI is InChI=1S/C12H18N2O/c1-14-8-7-12(14)9-15-10-13-11-5-3-2-4-6-11/h2-6,12-13H,7-10H2,1H3/t12-/m1/s1. The van der Waals surface area contributed by atoms with Gasteiger partial charge >= 0.3 is 0 Å². The number of rotatable bonds is 5. The molecular formula is C12H18N2O. The molecule has 1 saturated heterocycles. The van der Waals surface area contributed by atoms with Crippen molar-refractivity contribution in [1.82, 2.24) is 4.90 Å². The number of likely N-dealkylation sites (N-methyl/N-ethyl adjacent to an activating group) is 1. The molecule has 0 amide bonds. The summed E-state index contributed by atoms with van der Waals surface area (Å²) >= 11 is 0. The summed E-state index contributed by atoms with van der Waals surface area (Å²) in [7, 11) is 2.14. The van der Waals surface area contributed by atoms with Crippen molar-refractivity contribution in [2.24, 2.45) is 0 Å². The maximum absolute atomic E-state index is 5.56. The van der Waals surface area contributed by atoms with Crippen LogP contribution in [-0.2, 0) is 4.74 Å². The van der Waals surface area contributed by atoms with E-state index in [4.69, 9.17) is 4.74 Å². The predicted molar refractivity (Wildman–Crippen MR) is 61.9 cm³/mol. The smallest absolute Gasteiger partial charge is 0.116 e. The number of anilines is 1. The number of hydrogen-bond donors (Lipinski definition) is 1. The number of para-hydroxylation sites is 1. The summed E-state index contributed by atoms with van der Waals surface area (Å²) in [4.78, 5) is 2.32. The second-order valence-electron chi connectivity index (χ2n) is 3.98. The Bertz CT molecular complexity index is 289. The largest absolute Gasteiger partial charge is 0.363 e. The lowest BCUT2D eigenvalue weighted by Crippen LogP contribution is -2.47. The Morgan fingerprint density at radius 2 is 2.20 bits per heavy atom. The fourth-order valence-electron chi connectivity index (χ4n) is 1.67. The maximum atomic E-state index is 5.56. The van der Waals surface area contributed by atoms with Gasteiger partial charge in [0.05, 0.1) is 6.61 Å². The van der Waals surface area contributed by atoms with Crippen molar-refractivity contribution in [2.75, 3.05) is 32.2 Å². The Hall–Kier alpha value is -1.06. The Kier molecular flexibility index (Phi) is 3.59. The molecule has 1 heterocycles. The van der Waals surface area contributed by atoms with Crippen LogP contribution in [0.4, 0.5) is 5.69 Å². The first-order chi connectivity index (χ1) is 7.36. The van der Waals surface area contributed by atoms with E-state index in [1.807, 2.05) is 30.3 Å². The van der Waals surface area contributed by atoms with Crippen molar-refractivity contribution in [1.29, 1.82) is 0 Å². The zero-order valence-corrected chi connectivity index (χ0v) is 9.15. The summed E-state index contributed by atoms with van der Waals surface area (Å²) in [5.74, 6) is 0. The molecule has 1 fully saturated rings. The number of benzene rings is 1. The molecule has 3 heteroatoms. The summed E-state index contributed by atoms with van der Waals surface area (Å²) in [5, 5.41) is 3.22. The van der Waals surface area contributed by atoms with Gasteiger partial charge in [-0.25, -0.2) is 0 Å². The van der Waals surface area contributed by atoms with E-state index in [2.05, 4.69) is 17.3 Å². The number of hydrogen-bond acceptors (Lipinski definition) is 3. The lowest BCUT2D eigenvalue weighted by atomic mass is 10.1. The van der Waals surface area contributed by atoms with E-state index >= 15 is 0 Å². The van der Waals surface area contributed by atoms with Crippen LogP contribution in [0, 0.1) is 0 Å². The van der Waals surface area contributed by atoms with Crippen LogP contribution < -0.4 is 5.32 Å². The molecular weight excluding hydrogens is 188 g/mol. The molecule has 0 saturated carbocycles. The highest BCUT2D eigenvalue weighted by molar-refractivity contribution is 5.41. The number of likely N-dealkylation sites (tertiary alicyclic amines) is 1. The molecule has 0 aromatic heterocycles. The molecule has 82 valence electrons. The molecule has 0 radical (unpaired) electrons. The van der Waals surface area contributed by atoms with Gasteiger partial charge in [0.25, 0.3) is 0 Å². The van der Waals surface area contributed by atoms with Gasteiger partial charge in [0.1, 0.15) is 6.73 Å². The van der Waals surface area contributed by atoms with Crippen LogP contribution >= 0.6 is 0 Å². The molecule has 15 heavy (non-hydrogen) atoms. The second-order valence-corrected chi connectivity index (χ2v) is 3.98. The Morgan fingerprint density at radius 3 is 2.80 bits per heavy atom. The highest BCUT2D eigenvalue weighted by atomic mass is 16.5. The van der Waals surface area contributed by atoms with Crippen LogP contribution in [0.5, 0.6) is 0 Å². The van der Waals surface area contributed by atoms with Crippen molar-refractivity contribution in [3.8, 4) is 0 Å². The Balaban J connectivity index is 1.59. The molecule has 1 aromatic rings. The van der Waals surface area contributed by atoms with Gasteiger partial charge < -0.3 is 15.0 Å². The number of ether oxygens (including phenoxy) is 1. The molecule has 1 aromatic carbocycles. The molecule has 2 rings (SSSR count). The van der Waals surface area contributed by atoms with E-state index in [0.29, 0.717) is 12.8 Å². The SMILES string of the molecule is CN1CC[C@@H]1COCNc1ccccc1. The predicted octanol–water partition coefficient (Wildman–Crippen LogP) is 1.78. The second kappa shape index (κ2) is 5.14. The first-order valence-corrected chi connectivity index (χ1v) is 5.43. The molecule has 0 unspecified atom stereocenters. The first kappa shape index (κ1) is 10.5. The molecule has 0 aliphatic carbocycles. The molecule has 3 nitrogen and oxygen atoms in total. The van der Waals surface area contributed by atoms with Crippen molar-refractivity contribution in [3.05, 3.63) is 30.3 Å². The van der Waals surface area contributed by atoms with Crippen molar-refractivity contribution in [3.63, 3.8) is 0 Å². The van der Waals surface area contributed by atoms with Gasteiger partial charge in [-0.1, -0.05) is 18.2 Å². The maximum Gasteiger partial charge on any atom is 0.116 e. The normalized spacial score (nSPS) is 21.0. The quantitative estimate of drug-likeness (QED) is 0.587. The molecule has 1 aliphatic rings. The van der Waals surface area contributed by atoms with Gasteiger partial charge in [-0.2, -0.15) is 0 Å². The van der Waals surface area contributed by atoms with Gasteiger partial charge in [0.15, 0.2) is 0 Å². The highest BCUT2D eigenvalue weighted by Crippen LogP contribution is 2.14. The summed E-state index contributed by atoms with van der Waals surface area (Å²) < 4.78 is 5.56. The monoisotopic (exact) mass is 206 g/mol. The topological polar surface area (TPSA) is 24.5 Å². The Morgan fingerprint density at radius 1 is 1.40 bits per heavy atom. The minimum Gasteiger partial charge on any atom is -0.363 e. The fraction of sp³-hybridized carbons (Fsp3) is 0.500. The first-order valence-electron chi connectivity index (χ1n) is 5.43. The highest BCUT2D eigenvalue weighted by Gasteiger charge is 2.23. The van der Waals surface area contributed by atoms with Gasteiger partial charge in [-0.05, 0) is 32.1 Å². The third kappa shape index (κ3) is 2.94. The van der Waals surface area contributed by atoms with E-state index in [-0.39, 0.29) is 0 Å². The van der Waals surface area contributed by atoms with Crippen LogP contribution in [0.3, 0.4) is 0 Å².